The van der Waals surface area contributed by atoms with E-state index in [0.717, 1.165) is 15.8 Å². The van der Waals surface area contributed by atoms with Gasteiger partial charge in [0.05, 0.1) is 6.54 Å². The largest absolute Gasteiger partial charge is 0.480 e. The maximum Gasteiger partial charge on any atom is 0.323 e. The number of nitrogens with zero attached hydrogens (tertiary/aromatic N) is 1. The molecular formula is C14H12N2O3. The summed E-state index contributed by atoms with van der Waals surface area (Å²) in [4.78, 5) is 27.0. The zero-order valence-corrected chi connectivity index (χ0v) is 10.1. The molecule has 19 heavy (non-hydrogen) atoms. The Labute approximate surface area is 109 Å². The van der Waals surface area contributed by atoms with Crippen molar-refractivity contribution >= 4 is 22.8 Å². The third-order valence-electron chi connectivity index (χ3n) is 2.70. The van der Waals surface area contributed by atoms with Crippen LogP contribution >= 0.6 is 0 Å². The second-order valence-electron chi connectivity index (χ2n) is 4.04. The Morgan fingerprint density at radius 3 is 2.84 bits per heavy atom. The van der Waals surface area contributed by atoms with Crippen LogP contribution in [0.3, 0.4) is 0 Å². The number of aromatic amines is 1. The molecular weight excluding hydrogens is 244 g/mol. The third kappa shape index (κ3) is 2.75. The molecule has 1 heterocycles. The number of carbonyl (C=O) groups is 2. The van der Waals surface area contributed by atoms with Crippen LogP contribution in [-0.2, 0) is 4.79 Å². The number of fused-ring (bicyclic) bond motifs is 1. The smallest absolute Gasteiger partial charge is 0.323 e. The van der Waals surface area contributed by atoms with E-state index < -0.39 is 18.4 Å². The summed E-state index contributed by atoms with van der Waals surface area (Å²) < 4.78 is 0. The van der Waals surface area contributed by atoms with Gasteiger partial charge in [-0.3, -0.25) is 9.59 Å². The first-order chi connectivity index (χ1) is 9.11. The molecule has 1 aromatic carbocycles. The van der Waals surface area contributed by atoms with Crippen LogP contribution in [0.1, 0.15) is 10.4 Å². The molecule has 96 valence electrons. The predicted octanol–water partition coefficient (Wildman–Crippen LogP) is 1.33. The number of terminal acetylenes is 1. The number of nitrogens with one attached hydrogen (secondary N) is 1. The maximum atomic E-state index is 12.2. The van der Waals surface area contributed by atoms with E-state index in [0.29, 0.717) is 5.56 Å². The van der Waals surface area contributed by atoms with Gasteiger partial charge in [-0.05, 0) is 23.6 Å². The molecule has 0 fully saturated rings. The zero-order valence-electron chi connectivity index (χ0n) is 10.1. The van der Waals surface area contributed by atoms with Gasteiger partial charge in [0.2, 0.25) is 0 Å². The SMILES string of the molecule is C#CCN(CC(=O)O)C(=O)c1ccc2cc[nH]c2c1. The minimum absolute atomic E-state index is 0.0338. The molecule has 0 radical (unpaired) electrons. The highest BCUT2D eigenvalue weighted by atomic mass is 16.4. The lowest BCUT2D eigenvalue weighted by atomic mass is 10.1. The van der Waals surface area contributed by atoms with Crippen LogP contribution < -0.4 is 0 Å². The molecule has 0 saturated carbocycles. The first kappa shape index (κ1) is 12.7. The van der Waals surface area contributed by atoms with Crippen molar-refractivity contribution in [2.24, 2.45) is 0 Å². The molecule has 0 spiro atoms. The fourth-order valence-corrected chi connectivity index (χ4v) is 1.84. The Balaban J connectivity index is 2.29. The van der Waals surface area contributed by atoms with E-state index in [4.69, 9.17) is 11.5 Å². The summed E-state index contributed by atoms with van der Waals surface area (Å²) in [6, 6.07) is 7.03. The Morgan fingerprint density at radius 1 is 1.37 bits per heavy atom. The summed E-state index contributed by atoms with van der Waals surface area (Å²) in [5.74, 6) is 0.805. The molecule has 1 aromatic heterocycles. The molecule has 2 N–H and O–H groups in total. The van der Waals surface area contributed by atoms with Gasteiger partial charge in [0.25, 0.3) is 5.91 Å². The number of rotatable bonds is 4. The van der Waals surface area contributed by atoms with Gasteiger partial charge in [-0.25, -0.2) is 0 Å². The predicted molar refractivity (Wildman–Crippen MR) is 70.7 cm³/mol. The summed E-state index contributed by atoms with van der Waals surface area (Å²) in [6.45, 7) is -0.445. The number of hydrogen-bond donors (Lipinski definition) is 2. The molecule has 5 nitrogen and oxygen atoms in total. The van der Waals surface area contributed by atoms with E-state index in [1.165, 1.54) is 0 Å². The van der Waals surface area contributed by atoms with Gasteiger partial charge >= 0.3 is 5.97 Å². The Bertz CT molecular complexity index is 667. The van der Waals surface area contributed by atoms with Crippen molar-refractivity contribution in [3.05, 3.63) is 36.0 Å². The lowest BCUT2D eigenvalue weighted by molar-refractivity contribution is -0.137. The molecule has 2 rings (SSSR count). The van der Waals surface area contributed by atoms with Crippen LogP contribution in [0, 0.1) is 12.3 Å². The number of H-pyrrole nitrogens is 1. The highest BCUT2D eigenvalue weighted by molar-refractivity contribution is 5.99. The number of hydrogen-bond acceptors (Lipinski definition) is 2. The zero-order chi connectivity index (χ0) is 13.8. The quantitative estimate of drug-likeness (QED) is 0.810. The summed E-state index contributed by atoms with van der Waals surface area (Å²) in [5.41, 5.74) is 1.23. The van der Waals surface area contributed by atoms with Crippen LogP contribution in [0.25, 0.3) is 10.9 Å². The van der Waals surface area contributed by atoms with Crippen molar-refractivity contribution in [2.75, 3.05) is 13.1 Å². The Morgan fingerprint density at radius 2 is 2.16 bits per heavy atom. The van der Waals surface area contributed by atoms with Crippen LogP contribution in [0.15, 0.2) is 30.5 Å². The average molecular weight is 256 g/mol. The molecule has 0 atom stereocenters. The topological polar surface area (TPSA) is 73.4 Å². The third-order valence-corrected chi connectivity index (χ3v) is 2.70. The fourth-order valence-electron chi connectivity index (χ4n) is 1.84. The van der Waals surface area contributed by atoms with Crippen LogP contribution in [0.2, 0.25) is 0 Å². The molecule has 1 amide bonds. The molecule has 0 unspecified atom stereocenters. The average Bonchev–Trinajstić information content (AvgIpc) is 2.84. The second kappa shape index (κ2) is 5.27. The summed E-state index contributed by atoms with van der Waals surface area (Å²) >= 11 is 0. The molecule has 2 aromatic rings. The fraction of sp³-hybridized carbons (Fsp3) is 0.143. The van der Waals surface area contributed by atoms with Gasteiger partial charge in [0, 0.05) is 17.3 Å². The normalized spacial score (nSPS) is 10.1. The van der Waals surface area contributed by atoms with Gasteiger partial charge in [0.1, 0.15) is 6.54 Å². The van der Waals surface area contributed by atoms with Gasteiger partial charge in [0.15, 0.2) is 0 Å². The molecule has 0 aliphatic rings. The number of aromatic nitrogens is 1. The molecule has 0 aliphatic carbocycles. The van der Waals surface area contributed by atoms with Gasteiger partial charge in [-0.1, -0.05) is 12.0 Å². The standard InChI is InChI=1S/C14H12N2O3/c1-2-7-16(9-13(17)18)14(19)11-4-3-10-5-6-15-12(10)8-11/h1,3-6,8,15H,7,9H2,(H,17,18). The Hall–Kier alpha value is -2.74. The minimum Gasteiger partial charge on any atom is -0.480 e. The van der Waals surface area contributed by atoms with Crippen molar-refractivity contribution < 1.29 is 14.7 Å². The minimum atomic E-state index is -1.09. The highest BCUT2D eigenvalue weighted by Crippen LogP contribution is 2.15. The van der Waals surface area contributed by atoms with Crippen molar-refractivity contribution in [3.63, 3.8) is 0 Å². The number of carbonyl (C=O) groups excluding carboxylic acids is 1. The van der Waals surface area contributed by atoms with Crippen molar-refractivity contribution in [3.8, 4) is 12.3 Å². The summed E-state index contributed by atoms with van der Waals surface area (Å²) in [5, 5.41) is 9.76. The van der Waals surface area contributed by atoms with Gasteiger partial charge in [-0.2, -0.15) is 0 Å². The van der Waals surface area contributed by atoms with Crippen molar-refractivity contribution in [2.45, 2.75) is 0 Å². The van der Waals surface area contributed by atoms with Gasteiger partial charge in [-0.15, -0.1) is 6.42 Å². The first-order valence-corrected chi connectivity index (χ1v) is 5.63. The van der Waals surface area contributed by atoms with E-state index >= 15 is 0 Å². The van der Waals surface area contributed by atoms with E-state index in [1.54, 1.807) is 24.4 Å². The molecule has 0 bridgehead atoms. The summed E-state index contributed by atoms with van der Waals surface area (Å²) in [6.07, 6.45) is 6.93. The van der Waals surface area contributed by atoms with E-state index in [9.17, 15) is 9.59 Å². The number of aliphatic carboxylic acids is 1. The van der Waals surface area contributed by atoms with Crippen molar-refractivity contribution in [1.82, 2.24) is 9.88 Å². The monoisotopic (exact) mass is 256 g/mol. The second-order valence-corrected chi connectivity index (χ2v) is 4.04. The highest BCUT2D eigenvalue weighted by Gasteiger charge is 2.17. The number of carboxylic acid groups (broad SMARTS) is 1. The molecule has 0 saturated heterocycles. The van der Waals surface area contributed by atoms with Crippen LogP contribution in [0.5, 0.6) is 0 Å². The summed E-state index contributed by atoms with van der Waals surface area (Å²) in [7, 11) is 0. The number of carboxylic acids is 1. The lowest BCUT2D eigenvalue weighted by Crippen LogP contribution is -2.35. The van der Waals surface area contributed by atoms with Crippen LogP contribution in [0.4, 0.5) is 0 Å². The van der Waals surface area contributed by atoms with E-state index in [-0.39, 0.29) is 6.54 Å². The maximum absolute atomic E-state index is 12.2. The van der Waals surface area contributed by atoms with E-state index in [2.05, 4.69) is 10.9 Å². The van der Waals surface area contributed by atoms with Crippen molar-refractivity contribution in [1.29, 1.82) is 0 Å². The lowest BCUT2D eigenvalue weighted by Gasteiger charge is -2.17. The van der Waals surface area contributed by atoms with Gasteiger partial charge < -0.3 is 15.0 Å². The number of amides is 1. The van der Waals surface area contributed by atoms with E-state index in [1.807, 2.05) is 6.07 Å². The molecule has 5 heteroatoms. The number of benzene rings is 1. The first-order valence-electron chi connectivity index (χ1n) is 5.63. The molecule has 0 aliphatic heterocycles. The van der Waals surface area contributed by atoms with Crippen LogP contribution in [-0.4, -0.2) is 40.0 Å². The Kier molecular flexibility index (Phi) is 3.53.